The molecule has 0 saturated heterocycles. The van der Waals surface area contributed by atoms with Gasteiger partial charge in [0.05, 0.1) is 0 Å². The van der Waals surface area contributed by atoms with Crippen LogP contribution in [0.25, 0.3) is 0 Å². The number of aromatic nitrogens is 1. The maximum Gasteiger partial charge on any atom is 0.304 e. The molecule has 0 spiro atoms. The molecule has 1 saturated carbocycles. The van der Waals surface area contributed by atoms with E-state index in [0.29, 0.717) is 6.04 Å². The second-order valence-corrected chi connectivity index (χ2v) is 6.91. The Labute approximate surface area is 120 Å². The lowest BCUT2D eigenvalue weighted by Gasteiger charge is -2.23. The third-order valence-electron chi connectivity index (χ3n) is 3.80. The SMILES string of the molecule is O=c1[nH]c(CNC(c2cccs2)C2CCCC2)cs1. The first-order valence-electron chi connectivity index (χ1n) is 6.76. The first kappa shape index (κ1) is 13.1. The maximum absolute atomic E-state index is 11.2. The fourth-order valence-electron chi connectivity index (χ4n) is 2.88. The number of hydrogen-bond donors (Lipinski definition) is 2. The van der Waals surface area contributed by atoms with Crippen LogP contribution in [0.15, 0.2) is 27.7 Å². The van der Waals surface area contributed by atoms with E-state index in [-0.39, 0.29) is 4.87 Å². The summed E-state index contributed by atoms with van der Waals surface area (Å²) >= 11 is 3.06. The Morgan fingerprint density at radius 1 is 1.37 bits per heavy atom. The van der Waals surface area contributed by atoms with Gasteiger partial charge in [-0.15, -0.1) is 11.3 Å². The monoisotopic (exact) mass is 294 g/mol. The lowest BCUT2D eigenvalue weighted by Crippen LogP contribution is -2.26. The van der Waals surface area contributed by atoms with E-state index in [1.807, 2.05) is 16.7 Å². The van der Waals surface area contributed by atoms with E-state index in [9.17, 15) is 4.79 Å². The number of thiophene rings is 1. The fraction of sp³-hybridized carbons (Fsp3) is 0.500. The highest BCUT2D eigenvalue weighted by molar-refractivity contribution is 7.10. The average molecular weight is 294 g/mol. The highest BCUT2D eigenvalue weighted by Gasteiger charge is 2.26. The molecule has 0 amide bonds. The summed E-state index contributed by atoms with van der Waals surface area (Å²) in [5, 5.41) is 7.70. The Hall–Kier alpha value is -0.910. The molecule has 0 radical (unpaired) electrons. The molecule has 2 N–H and O–H groups in total. The number of H-pyrrole nitrogens is 1. The number of aromatic amines is 1. The summed E-state index contributed by atoms with van der Waals surface area (Å²) in [6, 6.07) is 4.78. The van der Waals surface area contributed by atoms with Crippen molar-refractivity contribution in [1.29, 1.82) is 0 Å². The largest absolute Gasteiger partial charge is 0.315 e. The lowest BCUT2D eigenvalue weighted by molar-refractivity contribution is 0.369. The van der Waals surface area contributed by atoms with Crippen LogP contribution >= 0.6 is 22.7 Å². The van der Waals surface area contributed by atoms with E-state index < -0.39 is 0 Å². The molecule has 3 rings (SSSR count). The second kappa shape index (κ2) is 6.03. The molecule has 0 bridgehead atoms. The molecule has 2 aromatic heterocycles. The molecule has 2 heterocycles. The normalized spacial score (nSPS) is 17.9. The van der Waals surface area contributed by atoms with E-state index in [1.165, 1.54) is 41.9 Å². The van der Waals surface area contributed by atoms with Crippen LogP contribution < -0.4 is 10.2 Å². The summed E-state index contributed by atoms with van der Waals surface area (Å²) in [5.41, 5.74) is 0.995. The molecule has 1 unspecified atom stereocenters. The summed E-state index contributed by atoms with van der Waals surface area (Å²) < 4.78 is 0. The third-order valence-corrected chi connectivity index (χ3v) is 5.48. The van der Waals surface area contributed by atoms with Gasteiger partial charge in [-0.1, -0.05) is 30.2 Å². The Morgan fingerprint density at radius 2 is 2.21 bits per heavy atom. The van der Waals surface area contributed by atoms with Gasteiger partial charge in [-0.05, 0) is 30.2 Å². The van der Waals surface area contributed by atoms with Crippen LogP contribution in [0.4, 0.5) is 0 Å². The van der Waals surface area contributed by atoms with Crippen molar-refractivity contribution in [3.05, 3.63) is 43.1 Å². The summed E-state index contributed by atoms with van der Waals surface area (Å²) in [5.74, 6) is 0.740. The molecule has 2 aromatic rings. The van der Waals surface area contributed by atoms with E-state index in [0.717, 1.165) is 18.2 Å². The van der Waals surface area contributed by atoms with Crippen molar-refractivity contribution in [3.8, 4) is 0 Å². The molecular weight excluding hydrogens is 276 g/mol. The van der Waals surface area contributed by atoms with Crippen LogP contribution in [-0.2, 0) is 6.54 Å². The summed E-state index contributed by atoms with van der Waals surface area (Å²) in [4.78, 5) is 15.5. The van der Waals surface area contributed by atoms with Crippen molar-refractivity contribution in [3.63, 3.8) is 0 Å². The van der Waals surface area contributed by atoms with Gasteiger partial charge in [0.2, 0.25) is 0 Å². The minimum Gasteiger partial charge on any atom is -0.315 e. The zero-order valence-corrected chi connectivity index (χ0v) is 12.4. The Balaban J connectivity index is 1.70. The molecule has 3 nitrogen and oxygen atoms in total. The standard InChI is InChI=1S/C14H18N2OS2/c17-14-16-11(9-19-14)8-15-13(10-4-1-2-5-10)12-6-3-7-18-12/h3,6-7,9-10,13,15H,1-2,4-5,8H2,(H,16,17). The van der Waals surface area contributed by atoms with Crippen molar-refractivity contribution in [1.82, 2.24) is 10.3 Å². The highest BCUT2D eigenvalue weighted by atomic mass is 32.1. The topological polar surface area (TPSA) is 44.9 Å². The van der Waals surface area contributed by atoms with E-state index >= 15 is 0 Å². The van der Waals surface area contributed by atoms with Crippen molar-refractivity contribution in [2.24, 2.45) is 5.92 Å². The quantitative estimate of drug-likeness (QED) is 0.886. The number of nitrogens with one attached hydrogen (secondary N) is 2. The molecule has 19 heavy (non-hydrogen) atoms. The molecular formula is C14H18N2OS2. The summed E-state index contributed by atoms with van der Waals surface area (Å²) in [6.45, 7) is 0.748. The van der Waals surface area contributed by atoms with Crippen LogP contribution in [0.1, 0.15) is 42.3 Å². The Bertz CT molecular complexity index is 552. The van der Waals surface area contributed by atoms with Gasteiger partial charge < -0.3 is 10.3 Å². The van der Waals surface area contributed by atoms with Gasteiger partial charge in [0.1, 0.15) is 0 Å². The minimum atomic E-state index is 0.0327. The van der Waals surface area contributed by atoms with Gasteiger partial charge in [-0.3, -0.25) is 4.79 Å². The van der Waals surface area contributed by atoms with E-state index in [2.05, 4.69) is 27.8 Å². The first-order chi connectivity index (χ1) is 9.33. The van der Waals surface area contributed by atoms with Gasteiger partial charge in [0, 0.05) is 28.5 Å². The molecule has 1 aliphatic carbocycles. The van der Waals surface area contributed by atoms with Gasteiger partial charge in [-0.2, -0.15) is 0 Å². The molecule has 0 aromatic carbocycles. The predicted octanol–water partition coefficient (Wildman–Crippen LogP) is 3.52. The third kappa shape index (κ3) is 3.16. The number of thiazole rings is 1. The Kier molecular flexibility index (Phi) is 4.15. The van der Waals surface area contributed by atoms with Gasteiger partial charge in [0.25, 0.3) is 0 Å². The lowest BCUT2D eigenvalue weighted by atomic mass is 9.96. The fourth-order valence-corrected chi connectivity index (χ4v) is 4.35. The molecule has 1 atom stereocenters. The van der Waals surface area contributed by atoms with Crippen molar-refractivity contribution in [2.45, 2.75) is 38.3 Å². The molecule has 1 aliphatic rings. The van der Waals surface area contributed by atoms with Crippen LogP contribution in [0.5, 0.6) is 0 Å². The molecule has 102 valence electrons. The van der Waals surface area contributed by atoms with Crippen molar-refractivity contribution >= 4 is 22.7 Å². The van der Waals surface area contributed by atoms with E-state index in [4.69, 9.17) is 0 Å². The molecule has 1 fully saturated rings. The minimum absolute atomic E-state index is 0.0327. The number of hydrogen-bond acceptors (Lipinski definition) is 4. The van der Waals surface area contributed by atoms with E-state index in [1.54, 1.807) is 0 Å². The van der Waals surface area contributed by atoms with Crippen molar-refractivity contribution in [2.75, 3.05) is 0 Å². The van der Waals surface area contributed by atoms with Gasteiger partial charge >= 0.3 is 4.87 Å². The van der Waals surface area contributed by atoms with Crippen LogP contribution in [0.2, 0.25) is 0 Å². The van der Waals surface area contributed by atoms with Crippen LogP contribution in [-0.4, -0.2) is 4.98 Å². The van der Waals surface area contributed by atoms with Gasteiger partial charge in [-0.25, -0.2) is 0 Å². The molecule has 5 heteroatoms. The van der Waals surface area contributed by atoms with Crippen LogP contribution in [0, 0.1) is 5.92 Å². The first-order valence-corrected chi connectivity index (χ1v) is 8.52. The van der Waals surface area contributed by atoms with Gasteiger partial charge in [0.15, 0.2) is 0 Å². The number of rotatable bonds is 5. The smallest absolute Gasteiger partial charge is 0.304 e. The van der Waals surface area contributed by atoms with Crippen LogP contribution in [0.3, 0.4) is 0 Å². The predicted molar refractivity (Wildman–Crippen MR) is 80.8 cm³/mol. The average Bonchev–Trinajstić information content (AvgIpc) is 3.11. The maximum atomic E-state index is 11.2. The zero-order valence-electron chi connectivity index (χ0n) is 10.7. The summed E-state index contributed by atoms with van der Waals surface area (Å²) in [7, 11) is 0. The summed E-state index contributed by atoms with van der Waals surface area (Å²) in [6.07, 6.45) is 5.33. The Morgan fingerprint density at radius 3 is 2.84 bits per heavy atom. The molecule has 0 aliphatic heterocycles. The highest BCUT2D eigenvalue weighted by Crippen LogP contribution is 2.37. The van der Waals surface area contributed by atoms with Crippen molar-refractivity contribution < 1.29 is 0 Å². The second-order valence-electron chi connectivity index (χ2n) is 5.09. The zero-order chi connectivity index (χ0) is 13.1.